The molecule has 20 heavy (non-hydrogen) atoms. The molecule has 0 aliphatic carbocycles. The maximum atomic E-state index is 5.77. The molecule has 2 unspecified atom stereocenters. The summed E-state index contributed by atoms with van der Waals surface area (Å²) in [7, 11) is 1.99. The fourth-order valence-electron chi connectivity index (χ4n) is 2.96. The van der Waals surface area contributed by atoms with Crippen molar-refractivity contribution in [2.45, 2.75) is 31.7 Å². The van der Waals surface area contributed by atoms with Gasteiger partial charge >= 0.3 is 0 Å². The number of hydrogen-bond acceptors (Lipinski definition) is 3. The highest BCUT2D eigenvalue weighted by molar-refractivity contribution is 5.38. The molecule has 0 bridgehead atoms. The number of furan rings is 1. The van der Waals surface area contributed by atoms with Crippen LogP contribution in [0.15, 0.2) is 40.8 Å². The molecule has 1 aromatic carbocycles. The first-order valence-electron chi connectivity index (χ1n) is 7.23. The Bertz CT molecular complexity index is 576. The van der Waals surface area contributed by atoms with Crippen molar-refractivity contribution in [2.24, 2.45) is 0 Å². The Morgan fingerprint density at radius 3 is 2.85 bits per heavy atom. The lowest BCUT2D eigenvalue weighted by atomic mass is 9.87. The van der Waals surface area contributed by atoms with Crippen molar-refractivity contribution in [2.75, 3.05) is 13.7 Å². The molecule has 0 fully saturated rings. The van der Waals surface area contributed by atoms with Gasteiger partial charge in [-0.3, -0.25) is 0 Å². The molecule has 3 rings (SSSR count). The second-order valence-electron chi connectivity index (χ2n) is 5.40. The molecule has 2 atom stereocenters. The molecular weight excluding hydrogens is 250 g/mol. The Morgan fingerprint density at radius 1 is 1.25 bits per heavy atom. The van der Waals surface area contributed by atoms with Crippen LogP contribution in [0.2, 0.25) is 0 Å². The Labute approximate surface area is 119 Å². The van der Waals surface area contributed by atoms with E-state index in [4.69, 9.17) is 9.15 Å². The normalized spacial score (nSPS) is 19.2. The quantitative estimate of drug-likeness (QED) is 0.918. The lowest BCUT2D eigenvalue weighted by Crippen LogP contribution is -2.22. The maximum Gasteiger partial charge on any atom is 0.122 e. The van der Waals surface area contributed by atoms with Crippen molar-refractivity contribution < 1.29 is 9.15 Å². The molecule has 0 saturated carbocycles. The Morgan fingerprint density at radius 2 is 2.10 bits per heavy atom. The lowest BCUT2D eigenvalue weighted by Gasteiger charge is -2.28. The molecule has 1 aromatic heterocycles. The molecule has 1 N–H and O–H groups in total. The summed E-state index contributed by atoms with van der Waals surface area (Å²) in [6.45, 7) is 2.79. The third kappa shape index (κ3) is 2.59. The van der Waals surface area contributed by atoms with Crippen molar-refractivity contribution in [3.63, 3.8) is 0 Å². The van der Waals surface area contributed by atoms with E-state index in [2.05, 4.69) is 29.6 Å². The number of benzene rings is 1. The Hall–Kier alpha value is -1.74. The highest BCUT2D eigenvalue weighted by Crippen LogP contribution is 2.38. The first-order chi connectivity index (χ1) is 9.78. The molecule has 1 aliphatic rings. The van der Waals surface area contributed by atoms with Gasteiger partial charge in [0.1, 0.15) is 17.3 Å². The highest BCUT2D eigenvalue weighted by atomic mass is 16.5. The summed E-state index contributed by atoms with van der Waals surface area (Å²) in [5.41, 5.74) is 1.32. The number of hydrogen-bond donors (Lipinski definition) is 1. The molecule has 2 heterocycles. The minimum Gasteiger partial charge on any atom is -0.493 e. The maximum absolute atomic E-state index is 5.77. The smallest absolute Gasteiger partial charge is 0.122 e. The van der Waals surface area contributed by atoms with Gasteiger partial charge < -0.3 is 14.5 Å². The third-order valence-corrected chi connectivity index (χ3v) is 4.06. The number of ether oxygens (including phenoxy) is 1. The summed E-state index contributed by atoms with van der Waals surface area (Å²) in [5, 5.41) is 3.38. The minimum absolute atomic E-state index is 0.250. The van der Waals surface area contributed by atoms with Gasteiger partial charge in [0.15, 0.2) is 0 Å². The van der Waals surface area contributed by atoms with Crippen LogP contribution in [-0.4, -0.2) is 13.7 Å². The van der Waals surface area contributed by atoms with E-state index in [1.165, 1.54) is 5.56 Å². The van der Waals surface area contributed by atoms with E-state index in [-0.39, 0.29) is 6.04 Å². The van der Waals surface area contributed by atoms with Gasteiger partial charge in [-0.05, 0) is 56.5 Å². The minimum atomic E-state index is 0.250. The number of nitrogens with one attached hydrogen (secondary N) is 1. The zero-order chi connectivity index (χ0) is 13.9. The average molecular weight is 271 g/mol. The van der Waals surface area contributed by atoms with Gasteiger partial charge in [-0.1, -0.05) is 18.2 Å². The van der Waals surface area contributed by atoms with Crippen molar-refractivity contribution in [1.82, 2.24) is 5.32 Å². The van der Waals surface area contributed by atoms with E-state index in [9.17, 15) is 0 Å². The molecule has 0 radical (unpaired) electrons. The lowest BCUT2D eigenvalue weighted by molar-refractivity contribution is 0.252. The zero-order valence-electron chi connectivity index (χ0n) is 12.1. The predicted molar refractivity (Wildman–Crippen MR) is 79.2 cm³/mol. The third-order valence-electron chi connectivity index (χ3n) is 4.06. The molecule has 0 saturated heterocycles. The Kier molecular flexibility index (Phi) is 3.79. The van der Waals surface area contributed by atoms with E-state index in [1.54, 1.807) is 0 Å². The van der Waals surface area contributed by atoms with E-state index in [0.717, 1.165) is 36.7 Å². The summed E-state index contributed by atoms with van der Waals surface area (Å²) >= 11 is 0. The van der Waals surface area contributed by atoms with Gasteiger partial charge in [0.25, 0.3) is 0 Å². The van der Waals surface area contributed by atoms with Crippen molar-refractivity contribution >= 4 is 0 Å². The largest absolute Gasteiger partial charge is 0.493 e. The average Bonchev–Trinajstić information content (AvgIpc) is 2.91. The second kappa shape index (κ2) is 5.71. The molecule has 3 nitrogen and oxygen atoms in total. The summed E-state index contributed by atoms with van der Waals surface area (Å²) in [6, 6.07) is 12.7. The molecule has 106 valence electrons. The molecule has 2 aromatic rings. The van der Waals surface area contributed by atoms with Crippen LogP contribution >= 0.6 is 0 Å². The van der Waals surface area contributed by atoms with E-state index >= 15 is 0 Å². The second-order valence-corrected chi connectivity index (χ2v) is 5.40. The summed E-state index contributed by atoms with van der Waals surface area (Å²) in [4.78, 5) is 0. The van der Waals surface area contributed by atoms with Gasteiger partial charge in [0.2, 0.25) is 0 Å². The first-order valence-corrected chi connectivity index (χ1v) is 7.23. The first kappa shape index (κ1) is 13.3. The van der Waals surface area contributed by atoms with Crippen LogP contribution in [-0.2, 0) is 0 Å². The van der Waals surface area contributed by atoms with Gasteiger partial charge in [-0.2, -0.15) is 0 Å². The molecular formula is C17H21NO2. The topological polar surface area (TPSA) is 34.4 Å². The van der Waals surface area contributed by atoms with E-state index < -0.39 is 0 Å². The zero-order valence-corrected chi connectivity index (χ0v) is 12.1. The Balaban J connectivity index is 1.80. The van der Waals surface area contributed by atoms with Crippen LogP contribution in [0.25, 0.3) is 0 Å². The standard InChI is InChI=1S/C17H21NO2/c1-12-7-8-17(20-12)15(18-2)11-13-9-10-19-16-6-4-3-5-14(13)16/h3-8,13,15,18H,9-11H2,1-2H3. The van der Waals surface area contributed by atoms with Crippen LogP contribution in [0.4, 0.5) is 0 Å². The monoisotopic (exact) mass is 271 g/mol. The number of fused-ring (bicyclic) bond motifs is 1. The fraction of sp³-hybridized carbons (Fsp3) is 0.412. The van der Waals surface area contributed by atoms with Crippen LogP contribution in [0, 0.1) is 6.92 Å². The summed E-state index contributed by atoms with van der Waals surface area (Å²) in [5.74, 6) is 3.54. The number of para-hydroxylation sites is 1. The molecule has 0 spiro atoms. The molecule has 0 amide bonds. The van der Waals surface area contributed by atoms with Gasteiger partial charge in [0.05, 0.1) is 12.6 Å². The molecule has 3 heteroatoms. The van der Waals surface area contributed by atoms with Crippen LogP contribution < -0.4 is 10.1 Å². The highest BCUT2D eigenvalue weighted by Gasteiger charge is 2.25. The van der Waals surface area contributed by atoms with Gasteiger partial charge in [-0.25, -0.2) is 0 Å². The predicted octanol–water partition coefficient (Wildman–Crippen LogP) is 3.80. The summed E-state index contributed by atoms with van der Waals surface area (Å²) in [6.07, 6.45) is 2.10. The summed E-state index contributed by atoms with van der Waals surface area (Å²) < 4.78 is 11.5. The van der Waals surface area contributed by atoms with Crippen LogP contribution in [0.1, 0.15) is 41.9 Å². The van der Waals surface area contributed by atoms with Crippen molar-refractivity contribution in [1.29, 1.82) is 0 Å². The van der Waals surface area contributed by atoms with Crippen molar-refractivity contribution in [3.05, 3.63) is 53.5 Å². The molecule has 1 aliphatic heterocycles. The SMILES string of the molecule is CNC(CC1CCOc2ccccc21)c1ccc(C)o1. The van der Waals surface area contributed by atoms with Crippen molar-refractivity contribution in [3.8, 4) is 5.75 Å². The van der Waals surface area contributed by atoms with E-state index in [1.807, 2.05) is 26.1 Å². The number of aryl methyl sites for hydroxylation is 1. The fourth-order valence-corrected chi connectivity index (χ4v) is 2.96. The van der Waals surface area contributed by atoms with Gasteiger partial charge in [-0.15, -0.1) is 0 Å². The number of rotatable bonds is 4. The van der Waals surface area contributed by atoms with Crippen LogP contribution in [0.5, 0.6) is 5.75 Å². The van der Waals surface area contributed by atoms with Crippen LogP contribution in [0.3, 0.4) is 0 Å². The van der Waals surface area contributed by atoms with Gasteiger partial charge in [0, 0.05) is 0 Å². The van der Waals surface area contributed by atoms with E-state index in [0.29, 0.717) is 5.92 Å².